The van der Waals surface area contributed by atoms with Crippen molar-refractivity contribution in [2.24, 2.45) is 10.9 Å². The van der Waals surface area contributed by atoms with Crippen LogP contribution in [0.15, 0.2) is 9.52 Å². The minimum atomic E-state index is 0.0482. The van der Waals surface area contributed by atoms with Crippen LogP contribution < -0.4 is 10.6 Å². The van der Waals surface area contributed by atoms with Crippen molar-refractivity contribution in [2.45, 2.75) is 58.9 Å². The summed E-state index contributed by atoms with van der Waals surface area (Å²) in [5.74, 6) is 2.75. The number of carbonyl (C=O) groups excluding carboxylic acids is 1. The van der Waals surface area contributed by atoms with E-state index in [0.29, 0.717) is 5.89 Å². The molecule has 1 fully saturated rings. The van der Waals surface area contributed by atoms with Gasteiger partial charge in [-0.15, -0.1) is 0 Å². The Kier molecular flexibility index (Phi) is 7.41. The van der Waals surface area contributed by atoms with Crippen LogP contribution in [0.5, 0.6) is 0 Å². The molecule has 0 saturated carbocycles. The first kappa shape index (κ1) is 20.2. The number of nitrogens with one attached hydrogen (secondary N) is 2. The second-order valence-electron chi connectivity index (χ2n) is 7.37. The number of aliphatic imine (C=N–C) groups is 1. The molecule has 1 aliphatic rings. The van der Waals surface area contributed by atoms with Crippen molar-refractivity contribution in [1.29, 1.82) is 0 Å². The maximum atomic E-state index is 12.1. The Morgan fingerprint density at radius 2 is 2.15 bits per heavy atom. The van der Waals surface area contributed by atoms with Crippen LogP contribution in [0.2, 0.25) is 0 Å². The Hall–Kier alpha value is -2.12. The van der Waals surface area contributed by atoms with E-state index < -0.39 is 0 Å². The summed E-state index contributed by atoms with van der Waals surface area (Å²) in [5, 5.41) is 10.7. The normalized spacial score (nSPS) is 18.0. The number of hydrogen-bond donors (Lipinski definition) is 2. The lowest BCUT2D eigenvalue weighted by molar-refractivity contribution is -0.133. The van der Waals surface area contributed by atoms with Gasteiger partial charge in [0.1, 0.15) is 0 Å². The molecule has 0 aliphatic carbocycles. The van der Waals surface area contributed by atoms with Gasteiger partial charge in [-0.1, -0.05) is 32.9 Å². The maximum Gasteiger partial charge on any atom is 0.226 e. The quantitative estimate of drug-likeness (QED) is 0.433. The van der Waals surface area contributed by atoms with Gasteiger partial charge < -0.3 is 20.1 Å². The molecule has 1 aliphatic heterocycles. The van der Waals surface area contributed by atoms with Crippen LogP contribution in [0.3, 0.4) is 0 Å². The number of nitrogens with zero attached hydrogens (tertiary/aromatic N) is 4. The molecular weight excluding hydrogens is 332 g/mol. The molecule has 8 nitrogen and oxygen atoms in total. The fraction of sp³-hybridized carbons (Fsp3) is 0.778. The van der Waals surface area contributed by atoms with Crippen LogP contribution in [0.1, 0.15) is 58.2 Å². The van der Waals surface area contributed by atoms with Crippen molar-refractivity contribution in [3.8, 4) is 0 Å². The molecule has 8 heteroatoms. The average Bonchev–Trinajstić information content (AvgIpc) is 3.26. The fourth-order valence-corrected chi connectivity index (χ4v) is 2.88. The Labute approximate surface area is 155 Å². The van der Waals surface area contributed by atoms with Crippen molar-refractivity contribution in [1.82, 2.24) is 25.7 Å². The van der Waals surface area contributed by atoms with E-state index in [2.05, 4.69) is 25.8 Å². The van der Waals surface area contributed by atoms with Gasteiger partial charge in [0.15, 0.2) is 11.8 Å². The molecule has 1 amide bonds. The lowest BCUT2D eigenvalue weighted by Gasteiger charge is -2.20. The topological polar surface area (TPSA) is 95.7 Å². The average molecular weight is 364 g/mol. The van der Waals surface area contributed by atoms with Crippen LogP contribution in [-0.2, 0) is 11.2 Å². The third kappa shape index (κ3) is 5.71. The van der Waals surface area contributed by atoms with E-state index in [1.807, 2.05) is 32.6 Å². The molecule has 1 unspecified atom stereocenters. The van der Waals surface area contributed by atoms with Gasteiger partial charge in [-0.25, -0.2) is 0 Å². The predicted octanol–water partition coefficient (Wildman–Crippen LogP) is 1.55. The van der Waals surface area contributed by atoms with Gasteiger partial charge in [-0.3, -0.25) is 9.79 Å². The first-order valence-electron chi connectivity index (χ1n) is 9.49. The van der Waals surface area contributed by atoms with Crippen molar-refractivity contribution >= 4 is 11.9 Å². The number of hydrogen-bond acceptors (Lipinski definition) is 5. The zero-order valence-corrected chi connectivity index (χ0v) is 16.6. The molecule has 0 bridgehead atoms. The number of amides is 1. The summed E-state index contributed by atoms with van der Waals surface area (Å²) in [6.45, 7) is 10.3. The predicted molar refractivity (Wildman–Crippen MR) is 101 cm³/mol. The van der Waals surface area contributed by atoms with Crippen LogP contribution in [0.25, 0.3) is 0 Å². The SMILES string of the molecule is CN=C(NCCCc1nc(C(C)C)no1)NC1CCN(C(=O)C(C)C)C1. The Bertz CT molecular complexity index is 611. The van der Waals surface area contributed by atoms with Gasteiger partial charge in [-0.05, 0) is 12.8 Å². The standard InChI is InChI=1S/C18H32N6O2/c1-12(2)16-22-15(26-23-16)7-6-9-20-18(19-5)21-14-8-10-24(11-14)17(25)13(3)4/h12-14H,6-11H2,1-5H3,(H2,19,20,21). The maximum absolute atomic E-state index is 12.1. The fourth-order valence-electron chi connectivity index (χ4n) is 2.88. The number of aryl methyl sites for hydroxylation is 1. The summed E-state index contributed by atoms with van der Waals surface area (Å²) in [7, 11) is 1.76. The smallest absolute Gasteiger partial charge is 0.226 e. The highest BCUT2D eigenvalue weighted by Gasteiger charge is 2.27. The van der Waals surface area contributed by atoms with Gasteiger partial charge in [0.05, 0.1) is 0 Å². The number of guanidine groups is 1. The third-order valence-electron chi connectivity index (χ3n) is 4.42. The largest absolute Gasteiger partial charge is 0.356 e. The van der Waals surface area contributed by atoms with Gasteiger partial charge in [0, 0.05) is 51.0 Å². The van der Waals surface area contributed by atoms with Crippen molar-refractivity contribution in [3.05, 3.63) is 11.7 Å². The number of aromatic nitrogens is 2. The Morgan fingerprint density at radius 1 is 1.38 bits per heavy atom. The van der Waals surface area contributed by atoms with E-state index in [1.54, 1.807) is 7.05 Å². The van der Waals surface area contributed by atoms with Crippen molar-refractivity contribution in [2.75, 3.05) is 26.7 Å². The molecule has 1 atom stereocenters. The molecule has 26 heavy (non-hydrogen) atoms. The van der Waals surface area contributed by atoms with Crippen LogP contribution >= 0.6 is 0 Å². The summed E-state index contributed by atoms with van der Waals surface area (Å²) < 4.78 is 5.25. The van der Waals surface area contributed by atoms with Gasteiger partial charge in [-0.2, -0.15) is 4.98 Å². The zero-order valence-electron chi connectivity index (χ0n) is 16.6. The second kappa shape index (κ2) is 9.54. The minimum Gasteiger partial charge on any atom is -0.356 e. The Morgan fingerprint density at radius 3 is 2.77 bits per heavy atom. The lowest BCUT2D eigenvalue weighted by atomic mass is 10.2. The molecule has 1 aromatic rings. The first-order valence-corrected chi connectivity index (χ1v) is 9.49. The van der Waals surface area contributed by atoms with Crippen molar-refractivity contribution in [3.63, 3.8) is 0 Å². The zero-order chi connectivity index (χ0) is 19.1. The molecular formula is C18H32N6O2. The summed E-state index contributed by atoms with van der Waals surface area (Å²) in [4.78, 5) is 22.6. The van der Waals surface area contributed by atoms with Gasteiger partial charge in [0.25, 0.3) is 0 Å². The van der Waals surface area contributed by atoms with Crippen LogP contribution in [0.4, 0.5) is 0 Å². The molecule has 1 saturated heterocycles. The molecule has 2 N–H and O–H groups in total. The molecule has 2 heterocycles. The molecule has 0 spiro atoms. The van der Waals surface area contributed by atoms with E-state index in [-0.39, 0.29) is 23.8 Å². The molecule has 2 rings (SSSR count). The first-order chi connectivity index (χ1) is 12.4. The summed E-state index contributed by atoms with van der Waals surface area (Å²) in [5.41, 5.74) is 0. The monoisotopic (exact) mass is 364 g/mol. The molecule has 1 aromatic heterocycles. The second-order valence-corrected chi connectivity index (χ2v) is 7.37. The number of likely N-dealkylation sites (tertiary alicyclic amines) is 1. The molecule has 146 valence electrons. The lowest BCUT2D eigenvalue weighted by Crippen LogP contribution is -2.45. The van der Waals surface area contributed by atoms with E-state index in [9.17, 15) is 4.79 Å². The number of carbonyl (C=O) groups is 1. The van der Waals surface area contributed by atoms with Gasteiger partial charge >= 0.3 is 0 Å². The third-order valence-corrected chi connectivity index (χ3v) is 4.42. The highest BCUT2D eigenvalue weighted by atomic mass is 16.5. The highest BCUT2D eigenvalue weighted by Crippen LogP contribution is 2.13. The molecule has 0 aromatic carbocycles. The summed E-state index contributed by atoms with van der Waals surface area (Å²) >= 11 is 0. The van der Waals surface area contributed by atoms with E-state index in [0.717, 1.165) is 50.7 Å². The van der Waals surface area contributed by atoms with Gasteiger partial charge in [0.2, 0.25) is 11.8 Å². The highest BCUT2D eigenvalue weighted by molar-refractivity contribution is 5.81. The summed E-state index contributed by atoms with van der Waals surface area (Å²) in [6.07, 6.45) is 2.56. The van der Waals surface area contributed by atoms with Crippen molar-refractivity contribution < 1.29 is 9.32 Å². The Balaban J connectivity index is 1.69. The minimum absolute atomic E-state index is 0.0482. The van der Waals surface area contributed by atoms with E-state index in [4.69, 9.17) is 4.52 Å². The van der Waals surface area contributed by atoms with Crippen LogP contribution in [-0.4, -0.2) is 59.6 Å². The van der Waals surface area contributed by atoms with E-state index >= 15 is 0 Å². The summed E-state index contributed by atoms with van der Waals surface area (Å²) in [6, 6.07) is 0.244. The van der Waals surface area contributed by atoms with Crippen LogP contribution in [0, 0.1) is 5.92 Å². The molecule has 0 radical (unpaired) electrons. The number of rotatable bonds is 7. The van der Waals surface area contributed by atoms with E-state index in [1.165, 1.54) is 0 Å².